The molecule has 0 bridgehead atoms. The van der Waals surface area contributed by atoms with Crippen molar-refractivity contribution in [2.24, 2.45) is 0 Å². The molecule has 4 rings (SSSR count). The van der Waals surface area contributed by atoms with Crippen molar-refractivity contribution in [3.8, 4) is 11.4 Å². The third-order valence-corrected chi connectivity index (χ3v) is 4.93. The Hall–Kier alpha value is -2.20. The maximum absolute atomic E-state index is 4.47. The summed E-state index contributed by atoms with van der Waals surface area (Å²) in [5.41, 5.74) is 3.35. The van der Waals surface area contributed by atoms with Crippen LogP contribution in [0.2, 0.25) is 0 Å². The van der Waals surface area contributed by atoms with Gasteiger partial charge in [0.25, 0.3) is 0 Å². The van der Waals surface area contributed by atoms with Crippen molar-refractivity contribution < 1.29 is 0 Å². The molecule has 2 aromatic heterocycles. The van der Waals surface area contributed by atoms with Crippen LogP contribution in [0.4, 0.5) is 0 Å². The molecule has 0 atom stereocenters. The molecule has 2 aromatic carbocycles. The number of pyridine rings is 1. The minimum Gasteiger partial charge on any atom is -0.282 e. The van der Waals surface area contributed by atoms with Gasteiger partial charge in [-0.2, -0.15) is 0 Å². The van der Waals surface area contributed by atoms with Gasteiger partial charge in [0.05, 0.1) is 0 Å². The second-order valence-corrected chi connectivity index (χ2v) is 6.94. The third-order valence-electron chi connectivity index (χ3n) is 4.40. The van der Waals surface area contributed by atoms with Gasteiger partial charge < -0.3 is 0 Å². The molecule has 0 N–H and O–H groups in total. The van der Waals surface area contributed by atoms with Gasteiger partial charge in [-0.25, -0.2) is 0 Å². The average molecular weight is 380 g/mol. The Balaban J connectivity index is 1.97. The SMILES string of the molecule is CCCCc1cn2c(-c3ccc(Br)cc3)nnc2c2ccccc12. The van der Waals surface area contributed by atoms with Gasteiger partial charge in [-0.05, 0) is 35.9 Å². The Morgan fingerprint density at radius 3 is 2.46 bits per heavy atom. The summed E-state index contributed by atoms with van der Waals surface area (Å²) >= 11 is 3.49. The smallest absolute Gasteiger partial charge is 0.168 e. The van der Waals surface area contributed by atoms with Crippen LogP contribution in [0.1, 0.15) is 25.3 Å². The topological polar surface area (TPSA) is 30.2 Å². The van der Waals surface area contributed by atoms with Gasteiger partial charge in [-0.3, -0.25) is 4.40 Å². The molecular weight excluding hydrogens is 362 g/mol. The first-order valence-electron chi connectivity index (χ1n) is 8.29. The monoisotopic (exact) mass is 379 g/mol. The van der Waals surface area contributed by atoms with Crippen LogP contribution in [0, 0.1) is 0 Å². The van der Waals surface area contributed by atoms with E-state index in [0.29, 0.717) is 0 Å². The maximum atomic E-state index is 4.47. The van der Waals surface area contributed by atoms with E-state index in [1.807, 2.05) is 12.1 Å². The van der Waals surface area contributed by atoms with Gasteiger partial charge in [0.1, 0.15) is 0 Å². The van der Waals surface area contributed by atoms with Crippen molar-refractivity contribution in [3.63, 3.8) is 0 Å². The van der Waals surface area contributed by atoms with Crippen molar-refractivity contribution in [2.75, 3.05) is 0 Å². The lowest BCUT2D eigenvalue weighted by atomic mass is 10.0. The molecule has 120 valence electrons. The molecule has 2 heterocycles. The summed E-state index contributed by atoms with van der Waals surface area (Å²) in [6, 6.07) is 16.7. The standard InChI is InChI=1S/C20H18BrN3/c1-2-3-6-15-13-24-19(14-9-11-16(21)12-10-14)22-23-20(24)18-8-5-4-7-17(15)18/h4-5,7-13H,2-3,6H2,1H3. The molecule has 0 aliphatic carbocycles. The zero-order valence-electron chi connectivity index (χ0n) is 13.5. The average Bonchev–Trinajstić information content (AvgIpc) is 3.04. The van der Waals surface area contributed by atoms with Gasteiger partial charge in [-0.1, -0.05) is 65.7 Å². The molecule has 0 amide bonds. The number of aromatic nitrogens is 3. The Bertz CT molecular complexity index is 1000. The number of nitrogens with zero attached hydrogens (tertiary/aromatic N) is 3. The number of halogens is 1. The summed E-state index contributed by atoms with van der Waals surface area (Å²) < 4.78 is 3.20. The van der Waals surface area contributed by atoms with E-state index in [9.17, 15) is 0 Å². The molecular formula is C20H18BrN3. The summed E-state index contributed by atoms with van der Waals surface area (Å²) in [7, 11) is 0. The van der Waals surface area contributed by atoms with Gasteiger partial charge >= 0.3 is 0 Å². The molecule has 0 aliphatic heterocycles. The van der Waals surface area contributed by atoms with E-state index in [0.717, 1.165) is 27.9 Å². The second-order valence-electron chi connectivity index (χ2n) is 6.03. The molecule has 0 fully saturated rings. The highest BCUT2D eigenvalue weighted by Crippen LogP contribution is 2.28. The summed E-state index contributed by atoms with van der Waals surface area (Å²) in [6.07, 6.45) is 5.66. The number of hydrogen-bond donors (Lipinski definition) is 0. The molecule has 0 spiro atoms. The summed E-state index contributed by atoms with van der Waals surface area (Å²) in [4.78, 5) is 0. The fourth-order valence-corrected chi connectivity index (χ4v) is 3.41. The van der Waals surface area contributed by atoms with Crippen molar-refractivity contribution in [3.05, 3.63) is 64.8 Å². The van der Waals surface area contributed by atoms with Crippen LogP contribution in [-0.2, 0) is 6.42 Å². The van der Waals surface area contributed by atoms with Crippen LogP contribution >= 0.6 is 15.9 Å². The van der Waals surface area contributed by atoms with Crippen LogP contribution in [0.25, 0.3) is 27.8 Å². The molecule has 0 saturated carbocycles. The first-order chi connectivity index (χ1) is 11.8. The lowest BCUT2D eigenvalue weighted by Crippen LogP contribution is -1.96. The molecule has 4 aromatic rings. The maximum Gasteiger partial charge on any atom is 0.168 e. The number of hydrogen-bond acceptors (Lipinski definition) is 2. The molecule has 0 aliphatic rings. The molecule has 24 heavy (non-hydrogen) atoms. The van der Waals surface area contributed by atoms with Crippen LogP contribution in [0.15, 0.2) is 59.2 Å². The van der Waals surface area contributed by atoms with Gasteiger partial charge in [0, 0.05) is 21.6 Å². The number of aryl methyl sites for hydroxylation is 1. The van der Waals surface area contributed by atoms with Gasteiger partial charge in [0.15, 0.2) is 11.5 Å². The van der Waals surface area contributed by atoms with Crippen molar-refractivity contribution in [1.29, 1.82) is 0 Å². The highest BCUT2D eigenvalue weighted by molar-refractivity contribution is 9.10. The molecule has 0 unspecified atom stereocenters. The van der Waals surface area contributed by atoms with Crippen LogP contribution < -0.4 is 0 Å². The first-order valence-corrected chi connectivity index (χ1v) is 9.08. The van der Waals surface area contributed by atoms with Crippen molar-refractivity contribution in [2.45, 2.75) is 26.2 Å². The Kier molecular flexibility index (Phi) is 4.07. The lowest BCUT2D eigenvalue weighted by molar-refractivity contribution is 0.795. The van der Waals surface area contributed by atoms with Crippen molar-refractivity contribution in [1.82, 2.24) is 14.6 Å². The minimum absolute atomic E-state index is 0.890. The van der Waals surface area contributed by atoms with Crippen molar-refractivity contribution >= 4 is 32.3 Å². The molecule has 3 nitrogen and oxygen atoms in total. The van der Waals surface area contributed by atoms with E-state index in [1.54, 1.807) is 0 Å². The molecule has 4 heteroatoms. The summed E-state index contributed by atoms with van der Waals surface area (Å²) in [5.74, 6) is 0.890. The number of unbranched alkanes of at least 4 members (excludes halogenated alkanes) is 1. The van der Waals surface area contributed by atoms with E-state index in [4.69, 9.17) is 0 Å². The van der Waals surface area contributed by atoms with E-state index in [-0.39, 0.29) is 0 Å². The molecule has 0 saturated heterocycles. The third kappa shape index (κ3) is 2.61. The number of rotatable bonds is 4. The van der Waals surface area contributed by atoms with E-state index in [2.05, 4.69) is 80.0 Å². The Morgan fingerprint density at radius 2 is 1.71 bits per heavy atom. The first kappa shape index (κ1) is 15.3. The Labute approximate surface area is 149 Å². The minimum atomic E-state index is 0.890. The predicted octanol–water partition coefficient (Wildman–Crippen LogP) is 5.65. The Morgan fingerprint density at radius 1 is 0.958 bits per heavy atom. The number of benzene rings is 2. The normalized spacial score (nSPS) is 11.4. The highest BCUT2D eigenvalue weighted by Gasteiger charge is 2.13. The van der Waals surface area contributed by atoms with E-state index < -0.39 is 0 Å². The largest absolute Gasteiger partial charge is 0.282 e. The fraction of sp³-hybridized carbons (Fsp3) is 0.200. The van der Waals surface area contributed by atoms with Crippen LogP contribution in [0.5, 0.6) is 0 Å². The zero-order chi connectivity index (χ0) is 16.5. The fourth-order valence-electron chi connectivity index (χ4n) is 3.14. The predicted molar refractivity (Wildman–Crippen MR) is 102 cm³/mol. The summed E-state index contributed by atoms with van der Waals surface area (Å²) in [5, 5.41) is 11.4. The molecule has 0 radical (unpaired) electrons. The van der Waals surface area contributed by atoms with E-state index >= 15 is 0 Å². The number of fused-ring (bicyclic) bond motifs is 3. The zero-order valence-corrected chi connectivity index (χ0v) is 15.1. The highest BCUT2D eigenvalue weighted by atomic mass is 79.9. The van der Waals surface area contributed by atoms with E-state index in [1.165, 1.54) is 29.2 Å². The summed E-state index contributed by atoms with van der Waals surface area (Å²) in [6.45, 7) is 2.23. The second kappa shape index (κ2) is 6.36. The van der Waals surface area contributed by atoms with Crippen LogP contribution in [0.3, 0.4) is 0 Å². The van der Waals surface area contributed by atoms with Gasteiger partial charge in [-0.15, -0.1) is 10.2 Å². The van der Waals surface area contributed by atoms with Crippen LogP contribution in [-0.4, -0.2) is 14.6 Å². The van der Waals surface area contributed by atoms with Gasteiger partial charge in [0.2, 0.25) is 0 Å². The lowest BCUT2D eigenvalue weighted by Gasteiger charge is -2.09. The quantitative estimate of drug-likeness (QED) is 0.458.